The first kappa shape index (κ1) is 14.5. The van der Waals surface area contributed by atoms with Gasteiger partial charge in [0.25, 0.3) is 0 Å². The van der Waals surface area contributed by atoms with E-state index in [0.29, 0.717) is 23.7 Å². The van der Waals surface area contributed by atoms with Crippen molar-refractivity contribution in [2.45, 2.75) is 5.37 Å². The highest BCUT2D eigenvalue weighted by Crippen LogP contribution is 2.25. The molecule has 2 heterocycles. The van der Waals surface area contributed by atoms with Crippen LogP contribution in [0.5, 0.6) is 0 Å². The van der Waals surface area contributed by atoms with Crippen molar-refractivity contribution in [1.29, 1.82) is 0 Å². The number of rotatable bonds is 3. The Morgan fingerprint density at radius 1 is 1.58 bits per heavy atom. The molecule has 1 aromatic heterocycles. The minimum absolute atomic E-state index is 0.285. The van der Waals surface area contributed by atoms with E-state index in [4.69, 9.17) is 18.0 Å². The van der Waals surface area contributed by atoms with E-state index in [9.17, 15) is 8.42 Å². The number of nitrogens with two attached hydrogens (primary N) is 1. The number of aromatic nitrogens is 1. The zero-order chi connectivity index (χ0) is 14.0. The summed E-state index contributed by atoms with van der Waals surface area (Å²) < 4.78 is 23.6. The third kappa shape index (κ3) is 3.37. The van der Waals surface area contributed by atoms with Crippen LogP contribution in [0.2, 0.25) is 0 Å². The maximum absolute atomic E-state index is 11.8. The van der Waals surface area contributed by atoms with Gasteiger partial charge in [0.15, 0.2) is 9.84 Å². The fraction of sp³-hybridized carbons (Fsp3) is 0.455. The SMILES string of the molecule is CS(=O)(=O)C1CSCCN1c1ccc(C(N)=S)cn1. The largest absolute Gasteiger partial charge is 0.389 e. The standard InChI is InChI=1S/C11H15N3O2S3/c1-19(15,16)10-7-18-5-4-14(10)9-3-2-8(6-13-9)11(12)17/h2-3,6,10H,4-5,7H2,1H3,(H2,12,17). The van der Waals surface area contributed by atoms with Gasteiger partial charge in [-0.25, -0.2) is 13.4 Å². The monoisotopic (exact) mass is 317 g/mol. The molecule has 5 nitrogen and oxygen atoms in total. The Hall–Kier alpha value is -0.860. The van der Waals surface area contributed by atoms with E-state index >= 15 is 0 Å². The highest BCUT2D eigenvalue weighted by atomic mass is 32.2. The second kappa shape index (κ2) is 5.64. The molecule has 0 spiro atoms. The van der Waals surface area contributed by atoms with E-state index in [0.717, 1.165) is 5.75 Å². The zero-order valence-electron chi connectivity index (χ0n) is 10.4. The van der Waals surface area contributed by atoms with Crippen molar-refractivity contribution in [2.24, 2.45) is 5.73 Å². The highest BCUT2D eigenvalue weighted by Gasteiger charge is 2.31. The smallest absolute Gasteiger partial charge is 0.169 e. The lowest BCUT2D eigenvalue weighted by Gasteiger charge is -2.34. The first-order valence-electron chi connectivity index (χ1n) is 5.68. The van der Waals surface area contributed by atoms with Crippen molar-refractivity contribution >= 4 is 44.6 Å². The number of pyridine rings is 1. The van der Waals surface area contributed by atoms with Gasteiger partial charge in [-0.3, -0.25) is 0 Å². The predicted octanol–water partition coefficient (Wildman–Crippen LogP) is 0.640. The molecule has 1 aromatic rings. The summed E-state index contributed by atoms with van der Waals surface area (Å²) >= 11 is 6.52. The molecule has 2 N–H and O–H groups in total. The molecule has 0 radical (unpaired) electrons. The fourth-order valence-electron chi connectivity index (χ4n) is 1.90. The third-order valence-corrected chi connectivity index (χ3v) is 5.78. The number of sulfone groups is 1. The fourth-order valence-corrected chi connectivity index (χ4v) is 4.85. The molecule has 2 rings (SSSR count). The quantitative estimate of drug-likeness (QED) is 0.820. The number of anilines is 1. The number of hydrogen-bond acceptors (Lipinski definition) is 6. The van der Waals surface area contributed by atoms with Crippen molar-refractivity contribution in [3.63, 3.8) is 0 Å². The third-order valence-electron chi connectivity index (χ3n) is 2.91. The molecule has 19 heavy (non-hydrogen) atoms. The van der Waals surface area contributed by atoms with Crippen LogP contribution in [-0.4, -0.2) is 48.1 Å². The van der Waals surface area contributed by atoms with E-state index in [-0.39, 0.29) is 4.99 Å². The van der Waals surface area contributed by atoms with Crippen molar-refractivity contribution in [3.05, 3.63) is 23.9 Å². The average molecular weight is 317 g/mol. The van der Waals surface area contributed by atoms with Crippen LogP contribution < -0.4 is 10.6 Å². The Morgan fingerprint density at radius 2 is 2.32 bits per heavy atom. The van der Waals surface area contributed by atoms with Crippen LogP contribution in [0.15, 0.2) is 18.3 Å². The Labute approximate surface area is 122 Å². The summed E-state index contributed by atoms with van der Waals surface area (Å²) in [5, 5.41) is -0.519. The zero-order valence-corrected chi connectivity index (χ0v) is 12.9. The Morgan fingerprint density at radius 3 is 2.84 bits per heavy atom. The molecule has 1 aliphatic rings. The van der Waals surface area contributed by atoms with E-state index < -0.39 is 15.2 Å². The second-order valence-electron chi connectivity index (χ2n) is 4.32. The molecular formula is C11H15N3O2S3. The Bertz CT molecular complexity index is 571. The number of thiocarbonyl (C=S) groups is 1. The van der Waals surface area contributed by atoms with Crippen LogP contribution in [0.4, 0.5) is 5.82 Å². The molecule has 1 atom stereocenters. The van der Waals surface area contributed by atoms with Crippen molar-refractivity contribution in [3.8, 4) is 0 Å². The van der Waals surface area contributed by atoms with Crippen LogP contribution in [0.3, 0.4) is 0 Å². The van der Waals surface area contributed by atoms with Gasteiger partial charge in [-0.05, 0) is 12.1 Å². The summed E-state index contributed by atoms with van der Waals surface area (Å²) in [4.78, 5) is 6.39. The van der Waals surface area contributed by atoms with E-state index in [1.165, 1.54) is 6.26 Å². The topological polar surface area (TPSA) is 76.3 Å². The molecule has 8 heteroatoms. The number of thioether (sulfide) groups is 1. The summed E-state index contributed by atoms with van der Waals surface area (Å²) in [5.41, 5.74) is 6.20. The predicted molar refractivity (Wildman–Crippen MR) is 83.4 cm³/mol. The molecule has 0 aliphatic carbocycles. The summed E-state index contributed by atoms with van der Waals surface area (Å²) in [5.74, 6) is 2.11. The lowest BCUT2D eigenvalue weighted by Crippen LogP contribution is -2.47. The normalized spacial score (nSPS) is 20.3. The van der Waals surface area contributed by atoms with Gasteiger partial charge in [-0.15, -0.1) is 0 Å². The van der Waals surface area contributed by atoms with Gasteiger partial charge in [0, 0.05) is 36.1 Å². The van der Waals surface area contributed by atoms with Crippen molar-refractivity contribution in [1.82, 2.24) is 4.98 Å². The van der Waals surface area contributed by atoms with Gasteiger partial charge >= 0.3 is 0 Å². The lowest BCUT2D eigenvalue weighted by molar-refractivity contribution is 0.583. The first-order valence-corrected chi connectivity index (χ1v) is 9.20. The summed E-state index contributed by atoms with van der Waals surface area (Å²) in [7, 11) is -3.14. The van der Waals surface area contributed by atoms with Crippen molar-refractivity contribution < 1.29 is 8.42 Å². The molecule has 0 amide bonds. The van der Waals surface area contributed by atoms with Crippen LogP contribution in [0, 0.1) is 0 Å². The van der Waals surface area contributed by atoms with Gasteiger partial charge in [0.1, 0.15) is 16.2 Å². The van der Waals surface area contributed by atoms with Crippen LogP contribution >= 0.6 is 24.0 Å². The summed E-state index contributed by atoms with van der Waals surface area (Å²) in [6.07, 6.45) is 2.85. The maximum atomic E-state index is 11.8. The second-order valence-corrected chi connectivity index (χ2v) is 8.11. The molecular weight excluding hydrogens is 302 g/mol. The van der Waals surface area contributed by atoms with E-state index in [1.807, 2.05) is 4.90 Å². The van der Waals surface area contributed by atoms with Crippen LogP contribution in [0.1, 0.15) is 5.56 Å². The number of nitrogens with zero attached hydrogens (tertiary/aromatic N) is 2. The summed E-state index contributed by atoms with van der Waals surface area (Å²) in [6.45, 7) is 0.668. The van der Waals surface area contributed by atoms with E-state index in [2.05, 4.69) is 4.98 Å². The van der Waals surface area contributed by atoms with Gasteiger partial charge in [0.05, 0.1) is 0 Å². The van der Waals surface area contributed by atoms with Gasteiger partial charge in [0.2, 0.25) is 0 Å². The Balaban J connectivity index is 2.30. The lowest BCUT2D eigenvalue weighted by atomic mass is 10.3. The maximum Gasteiger partial charge on any atom is 0.169 e. The molecule has 1 unspecified atom stereocenters. The first-order chi connectivity index (χ1) is 8.89. The van der Waals surface area contributed by atoms with Gasteiger partial charge in [-0.1, -0.05) is 12.2 Å². The van der Waals surface area contributed by atoms with Crippen molar-refractivity contribution in [2.75, 3.05) is 29.2 Å². The molecule has 1 saturated heterocycles. The average Bonchev–Trinajstić information content (AvgIpc) is 2.38. The molecule has 0 aromatic carbocycles. The minimum atomic E-state index is -3.14. The number of hydrogen-bond donors (Lipinski definition) is 1. The van der Waals surface area contributed by atoms with E-state index in [1.54, 1.807) is 30.1 Å². The van der Waals surface area contributed by atoms with Gasteiger partial charge < -0.3 is 10.6 Å². The molecule has 104 valence electrons. The van der Waals surface area contributed by atoms with Crippen LogP contribution in [0.25, 0.3) is 0 Å². The summed E-state index contributed by atoms with van der Waals surface area (Å²) in [6, 6.07) is 3.54. The molecule has 0 bridgehead atoms. The highest BCUT2D eigenvalue weighted by molar-refractivity contribution is 8.01. The van der Waals surface area contributed by atoms with Crippen LogP contribution in [-0.2, 0) is 9.84 Å². The molecule has 1 fully saturated rings. The molecule has 1 aliphatic heterocycles. The minimum Gasteiger partial charge on any atom is -0.389 e. The van der Waals surface area contributed by atoms with Gasteiger partial charge in [-0.2, -0.15) is 11.8 Å². The Kier molecular flexibility index (Phi) is 4.32. The molecule has 0 saturated carbocycles.